The number of nitrogens with zero attached hydrogens (tertiary/aromatic N) is 1. The predicted octanol–water partition coefficient (Wildman–Crippen LogP) is 6.90. The molecule has 1 fully saturated rings. The van der Waals surface area contributed by atoms with Crippen LogP contribution in [0.25, 0.3) is 16.8 Å². The lowest BCUT2D eigenvalue weighted by Gasteiger charge is -2.12. The molecule has 0 radical (unpaired) electrons. The van der Waals surface area contributed by atoms with Gasteiger partial charge in [0.2, 0.25) is 0 Å². The summed E-state index contributed by atoms with van der Waals surface area (Å²) in [5.74, 6) is -0.441. The summed E-state index contributed by atoms with van der Waals surface area (Å²) in [5, 5.41) is 1.47. The standard InChI is InChI=1S/C28H18INO4S/c29-21-13-11-18(12-14-21)17-30-26(31)25(35-28(30)33)16-19-5-3-8-22(15-19)34-27(32)24-10-4-7-20-6-1-2-9-23(20)24/h1-16H,17H2/b25-16-. The fourth-order valence-electron chi connectivity index (χ4n) is 3.79. The number of halogens is 1. The normalized spacial score (nSPS) is 14.7. The van der Waals surface area contributed by atoms with E-state index in [0.717, 1.165) is 31.7 Å². The number of thioether (sulfide) groups is 1. The van der Waals surface area contributed by atoms with Crippen molar-refractivity contribution in [3.63, 3.8) is 0 Å². The molecule has 0 atom stereocenters. The van der Waals surface area contributed by atoms with Gasteiger partial charge in [0.05, 0.1) is 17.0 Å². The molecule has 5 rings (SSSR count). The topological polar surface area (TPSA) is 63.7 Å². The minimum absolute atomic E-state index is 0.224. The second-order valence-electron chi connectivity index (χ2n) is 7.88. The second kappa shape index (κ2) is 10.1. The van der Waals surface area contributed by atoms with Crippen molar-refractivity contribution in [3.8, 4) is 5.75 Å². The SMILES string of the molecule is O=C(Oc1cccc(/C=C2\SC(=O)N(Cc3ccc(I)cc3)C2=O)c1)c1cccc2ccccc12. The fourth-order valence-corrected chi connectivity index (χ4v) is 4.99. The van der Waals surface area contributed by atoms with Gasteiger partial charge in [-0.3, -0.25) is 14.5 Å². The van der Waals surface area contributed by atoms with Crippen LogP contribution in [0.3, 0.4) is 0 Å². The Kier molecular flexibility index (Phi) is 6.70. The fraction of sp³-hybridized carbons (Fsp3) is 0.0357. The van der Waals surface area contributed by atoms with E-state index in [1.54, 1.807) is 36.4 Å². The number of fused-ring (bicyclic) bond motifs is 1. The van der Waals surface area contributed by atoms with Crippen LogP contribution >= 0.6 is 34.4 Å². The Bertz CT molecular complexity index is 1490. The number of hydrogen-bond acceptors (Lipinski definition) is 5. The zero-order valence-corrected chi connectivity index (χ0v) is 21.3. The van der Waals surface area contributed by atoms with Crippen molar-refractivity contribution in [1.82, 2.24) is 4.90 Å². The van der Waals surface area contributed by atoms with Crippen LogP contribution < -0.4 is 4.74 Å². The summed E-state index contributed by atoms with van der Waals surface area (Å²) >= 11 is 3.12. The van der Waals surface area contributed by atoms with E-state index in [0.29, 0.717) is 21.8 Å². The molecule has 0 unspecified atom stereocenters. The summed E-state index contributed by atoms with van der Waals surface area (Å²) in [5.41, 5.74) is 2.02. The van der Waals surface area contributed by atoms with Gasteiger partial charge in [-0.1, -0.05) is 60.7 Å². The Morgan fingerprint density at radius 1 is 0.914 bits per heavy atom. The van der Waals surface area contributed by atoms with Gasteiger partial charge >= 0.3 is 5.97 Å². The third-order valence-electron chi connectivity index (χ3n) is 5.50. The van der Waals surface area contributed by atoms with Crippen LogP contribution in [-0.4, -0.2) is 22.0 Å². The van der Waals surface area contributed by atoms with E-state index in [1.807, 2.05) is 60.7 Å². The lowest BCUT2D eigenvalue weighted by Crippen LogP contribution is -2.27. The molecule has 0 N–H and O–H groups in total. The van der Waals surface area contributed by atoms with Gasteiger partial charge < -0.3 is 4.74 Å². The molecule has 0 saturated carbocycles. The summed E-state index contributed by atoms with van der Waals surface area (Å²) in [6.45, 7) is 0.224. The molecule has 0 bridgehead atoms. The summed E-state index contributed by atoms with van der Waals surface area (Å²) in [7, 11) is 0. The monoisotopic (exact) mass is 591 g/mol. The van der Waals surface area contributed by atoms with E-state index in [1.165, 1.54) is 4.90 Å². The van der Waals surface area contributed by atoms with Crippen LogP contribution in [0.4, 0.5) is 4.79 Å². The Labute approximate surface area is 219 Å². The average molecular weight is 591 g/mol. The molecule has 4 aromatic rings. The molecule has 2 amide bonds. The molecule has 0 aliphatic carbocycles. The molecule has 5 nitrogen and oxygen atoms in total. The highest BCUT2D eigenvalue weighted by Gasteiger charge is 2.35. The van der Waals surface area contributed by atoms with Crippen LogP contribution in [0, 0.1) is 3.57 Å². The predicted molar refractivity (Wildman–Crippen MR) is 146 cm³/mol. The smallest absolute Gasteiger partial charge is 0.344 e. The number of benzene rings is 4. The lowest BCUT2D eigenvalue weighted by atomic mass is 10.0. The maximum absolute atomic E-state index is 12.9. The first-order chi connectivity index (χ1) is 17.0. The van der Waals surface area contributed by atoms with Crippen molar-refractivity contribution in [3.05, 3.63) is 116 Å². The number of rotatable bonds is 5. The first kappa shape index (κ1) is 23.3. The van der Waals surface area contributed by atoms with E-state index in [9.17, 15) is 14.4 Å². The molecule has 1 saturated heterocycles. The quantitative estimate of drug-likeness (QED) is 0.109. The largest absolute Gasteiger partial charge is 0.423 e. The minimum atomic E-state index is -0.461. The first-order valence-electron chi connectivity index (χ1n) is 10.8. The number of imide groups is 1. The Hall–Kier alpha value is -3.43. The van der Waals surface area contributed by atoms with Crippen molar-refractivity contribution in [2.24, 2.45) is 0 Å². The second-order valence-corrected chi connectivity index (χ2v) is 10.1. The summed E-state index contributed by atoms with van der Waals surface area (Å²) < 4.78 is 6.72. The third-order valence-corrected chi connectivity index (χ3v) is 7.13. The van der Waals surface area contributed by atoms with Gasteiger partial charge in [-0.25, -0.2) is 4.79 Å². The van der Waals surface area contributed by atoms with Gasteiger partial charge in [-0.15, -0.1) is 0 Å². The highest BCUT2D eigenvalue weighted by molar-refractivity contribution is 14.1. The molecule has 172 valence electrons. The maximum Gasteiger partial charge on any atom is 0.344 e. The van der Waals surface area contributed by atoms with E-state index >= 15 is 0 Å². The number of ether oxygens (including phenoxy) is 1. The number of carbonyl (C=O) groups is 3. The zero-order chi connectivity index (χ0) is 24.4. The highest BCUT2D eigenvalue weighted by atomic mass is 127. The molecule has 35 heavy (non-hydrogen) atoms. The molecule has 1 heterocycles. The number of esters is 1. The highest BCUT2D eigenvalue weighted by Crippen LogP contribution is 2.34. The molecule has 1 aliphatic rings. The Morgan fingerprint density at radius 3 is 2.49 bits per heavy atom. The molecule has 4 aromatic carbocycles. The molecule has 1 aliphatic heterocycles. The average Bonchev–Trinajstić information content (AvgIpc) is 3.12. The van der Waals surface area contributed by atoms with Gasteiger partial charge in [-0.05, 0) is 92.7 Å². The van der Waals surface area contributed by atoms with Gasteiger partial charge in [0.1, 0.15) is 5.75 Å². The van der Waals surface area contributed by atoms with Crippen LogP contribution in [0.2, 0.25) is 0 Å². The molecule has 0 aromatic heterocycles. The van der Waals surface area contributed by atoms with Crippen molar-refractivity contribution in [2.45, 2.75) is 6.54 Å². The Morgan fingerprint density at radius 2 is 1.66 bits per heavy atom. The Balaban J connectivity index is 1.33. The van der Waals surface area contributed by atoms with Crippen molar-refractivity contribution in [2.75, 3.05) is 0 Å². The number of carbonyl (C=O) groups excluding carboxylic acids is 3. The van der Waals surface area contributed by atoms with Gasteiger partial charge in [0.25, 0.3) is 11.1 Å². The van der Waals surface area contributed by atoms with Crippen molar-refractivity contribution in [1.29, 1.82) is 0 Å². The minimum Gasteiger partial charge on any atom is -0.423 e. The first-order valence-corrected chi connectivity index (χ1v) is 12.7. The van der Waals surface area contributed by atoms with Crippen LogP contribution in [0.5, 0.6) is 5.75 Å². The number of hydrogen-bond donors (Lipinski definition) is 0. The maximum atomic E-state index is 12.9. The van der Waals surface area contributed by atoms with Gasteiger partial charge in [0, 0.05) is 3.57 Å². The van der Waals surface area contributed by atoms with Gasteiger partial charge in [0.15, 0.2) is 0 Å². The van der Waals surface area contributed by atoms with E-state index in [4.69, 9.17) is 4.74 Å². The molecular weight excluding hydrogens is 573 g/mol. The van der Waals surface area contributed by atoms with Crippen LogP contribution in [-0.2, 0) is 11.3 Å². The zero-order valence-electron chi connectivity index (χ0n) is 18.3. The van der Waals surface area contributed by atoms with Crippen molar-refractivity contribution < 1.29 is 19.1 Å². The van der Waals surface area contributed by atoms with Crippen LogP contribution in [0.15, 0.2) is 95.9 Å². The molecular formula is C28H18INO4S. The van der Waals surface area contributed by atoms with Crippen molar-refractivity contribution >= 4 is 68.3 Å². The van der Waals surface area contributed by atoms with E-state index in [2.05, 4.69) is 22.6 Å². The van der Waals surface area contributed by atoms with E-state index in [-0.39, 0.29) is 17.7 Å². The summed E-state index contributed by atoms with van der Waals surface area (Å²) in [6, 6.07) is 27.7. The van der Waals surface area contributed by atoms with Crippen LogP contribution in [0.1, 0.15) is 21.5 Å². The lowest BCUT2D eigenvalue weighted by molar-refractivity contribution is -0.123. The molecule has 7 heteroatoms. The number of amides is 2. The summed E-state index contributed by atoms with van der Waals surface area (Å²) in [4.78, 5) is 39.8. The summed E-state index contributed by atoms with van der Waals surface area (Å²) in [6.07, 6.45) is 1.65. The third kappa shape index (κ3) is 5.16. The molecule has 0 spiro atoms. The van der Waals surface area contributed by atoms with Gasteiger partial charge in [-0.2, -0.15) is 0 Å². The van der Waals surface area contributed by atoms with E-state index < -0.39 is 5.97 Å².